The molecule has 2 aromatic heterocycles. The molecular formula is C18H16N4O2. The molecule has 1 amide bonds. The van der Waals surface area contributed by atoms with Gasteiger partial charge in [-0.15, -0.1) is 0 Å². The first kappa shape index (κ1) is 14.6. The molecular weight excluding hydrogens is 304 g/mol. The molecule has 6 heteroatoms. The van der Waals surface area contributed by atoms with E-state index in [4.69, 9.17) is 4.52 Å². The van der Waals surface area contributed by atoms with Crippen molar-refractivity contribution in [3.63, 3.8) is 0 Å². The SMILES string of the molecule is Cc1ccccc1C(=O)N1CC(c2nc(-c3ccncc3)no2)C1. The van der Waals surface area contributed by atoms with Gasteiger partial charge in [0.05, 0.1) is 5.92 Å². The number of benzene rings is 1. The van der Waals surface area contributed by atoms with Gasteiger partial charge in [0.2, 0.25) is 11.7 Å². The molecule has 120 valence electrons. The molecule has 0 N–H and O–H groups in total. The average molecular weight is 320 g/mol. The van der Waals surface area contributed by atoms with E-state index in [0.29, 0.717) is 24.8 Å². The molecule has 0 saturated carbocycles. The Hall–Kier alpha value is -3.02. The smallest absolute Gasteiger partial charge is 0.254 e. The Morgan fingerprint density at radius 2 is 1.92 bits per heavy atom. The zero-order valence-electron chi connectivity index (χ0n) is 13.2. The third-order valence-corrected chi connectivity index (χ3v) is 4.27. The molecule has 24 heavy (non-hydrogen) atoms. The summed E-state index contributed by atoms with van der Waals surface area (Å²) in [5.41, 5.74) is 2.61. The van der Waals surface area contributed by atoms with Crippen LogP contribution < -0.4 is 0 Å². The Bertz CT molecular complexity index is 869. The van der Waals surface area contributed by atoms with Gasteiger partial charge in [0.25, 0.3) is 5.91 Å². The molecule has 1 aliphatic rings. The minimum atomic E-state index is 0.0539. The van der Waals surface area contributed by atoms with Crippen molar-refractivity contribution in [2.45, 2.75) is 12.8 Å². The summed E-state index contributed by atoms with van der Waals surface area (Å²) in [6.45, 7) is 3.15. The van der Waals surface area contributed by atoms with Crippen molar-refractivity contribution < 1.29 is 9.32 Å². The van der Waals surface area contributed by atoms with E-state index in [0.717, 1.165) is 16.7 Å². The van der Waals surface area contributed by atoms with Crippen molar-refractivity contribution in [2.75, 3.05) is 13.1 Å². The van der Waals surface area contributed by atoms with E-state index in [1.165, 1.54) is 0 Å². The minimum Gasteiger partial charge on any atom is -0.339 e. The van der Waals surface area contributed by atoms with Gasteiger partial charge in [0, 0.05) is 36.6 Å². The van der Waals surface area contributed by atoms with Crippen LogP contribution in [0, 0.1) is 6.92 Å². The van der Waals surface area contributed by atoms with Gasteiger partial charge in [-0.3, -0.25) is 9.78 Å². The number of aryl methyl sites for hydroxylation is 1. The number of aromatic nitrogens is 3. The molecule has 0 spiro atoms. The Morgan fingerprint density at radius 1 is 1.17 bits per heavy atom. The molecule has 1 aliphatic heterocycles. The van der Waals surface area contributed by atoms with Crippen LogP contribution in [0.15, 0.2) is 53.3 Å². The average Bonchev–Trinajstić information content (AvgIpc) is 3.04. The lowest BCUT2D eigenvalue weighted by molar-refractivity contribution is 0.0568. The zero-order chi connectivity index (χ0) is 16.5. The van der Waals surface area contributed by atoms with E-state index < -0.39 is 0 Å². The summed E-state index contributed by atoms with van der Waals surface area (Å²) in [7, 11) is 0. The summed E-state index contributed by atoms with van der Waals surface area (Å²) in [5, 5.41) is 4.01. The number of likely N-dealkylation sites (tertiary alicyclic amines) is 1. The Balaban J connectivity index is 1.44. The van der Waals surface area contributed by atoms with E-state index in [9.17, 15) is 4.79 Å². The molecule has 0 unspecified atom stereocenters. The fourth-order valence-corrected chi connectivity index (χ4v) is 2.80. The lowest BCUT2D eigenvalue weighted by Gasteiger charge is -2.37. The third-order valence-electron chi connectivity index (χ3n) is 4.27. The lowest BCUT2D eigenvalue weighted by atomic mass is 9.97. The Morgan fingerprint density at radius 3 is 2.67 bits per heavy atom. The van der Waals surface area contributed by atoms with Gasteiger partial charge in [0.15, 0.2) is 0 Å². The van der Waals surface area contributed by atoms with E-state index in [2.05, 4.69) is 15.1 Å². The van der Waals surface area contributed by atoms with Crippen molar-refractivity contribution in [3.05, 3.63) is 65.8 Å². The monoisotopic (exact) mass is 320 g/mol. The molecule has 0 radical (unpaired) electrons. The fourth-order valence-electron chi connectivity index (χ4n) is 2.80. The minimum absolute atomic E-state index is 0.0539. The molecule has 0 bridgehead atoms. The van der Waals surface area contributed by atoms with Gasteiger partial charge >= 0.3 is 0 Å². The zero-order valence-corrected chi connectivity index (χ0v) is 13.2. The summed E-state index contributed by atoms with van der Waals surface area (Å²) >= 11 is 0. The third kappa shape index (κ3) is 2.56. The van der Waals surface area contributed by atoms with E-state index in [1.54, 1.807) is 12.4 Å². The Kier molecular flexibility index (Phi) is 3.57. The van der Waals surface area contributed by atoms with E-state index in [1.807, 2.05) is 48.2 Å². The number of carbonyl (C=O) groups is 1. The molecule has 3 heterocycles. The van der Waals surface area contributed by atoms with Crippen LogP contribution in [0.5, 0.6) is 0 Å². The predicted octanol–water partition coefficient (Wildman–Crippen LogP) is 2.68. The topological polar surface area (TPSA) is 72.1 Å². The summed E-state index contributed by atoms with van der Waals surface area (Å²) in [4.78, 5) is 22.7. The normalized spacial score (nSPS) is 14.5. The van der Waals surface area contributed by atoms with Crippen LogP contribution in [0.1, 0.15) is 27.7 Å². The van der Waals surface area contributed by atoms with Gasteiger partial charge in [-0.2, -0.15) is 4.98 Å². The first-order chi connectivity index (χ1) is 11.7. The largest absolute Gasteiger partial charge is 0.339 e. The van der Waals surface area contributed by atoms with E-state index >= 15 is 0 Å². The first-order valence-corrected chi connectivity index (χ1v) is 7.81. The van der Waals surface area contributed by atoms with Gasteiger partial charge in [-0.25, -0.2) is 0 Å². The number of nitrogens with zero attached hydrogens (tertiary/aromatic N) is 4. The van der Waals surface area contributed by atoms with Gasteiger partial charge in [0.1, 0.15) is 0 Å². The van der Waals surface area contributed by atoms with Crippen LogP contribution in [-0.2, 0) is 0 Å². The first-order valence-electron chi connectivity index (χ1n) is 7.81. The number of amides is 1. The van der Waals surface area contributed by atoms with Crippen LogP contribution >= 0.6 is 0 Å². The lowest BCUT2D eigenvalue weighted by Crippen LogP contribution is -2.48. The molecule has 3 aromatic rings. The number of carbonyl (C=O) groups excluding carboxylic acids is 1. The summed E-state index contributed by atoms with van der Waals surface area (Å²) in [6.07, 6.45) is 3.38. The maximum atomic E-state index is 12.5. The van der Waals surface area contributed by atoms with Gasteiger partial charge < -0.3 is 9.42 Å². The highest BCUT2D eigenvalue weighted by Crippen LogP contribution is 2.29. The highest BCUT2D eigenvalue weighted by molar-refractivity contribution is 5.96. The molecule has 1 aromatic carbocycles. The van der Waals surface area contributed by atoms with Gasteiger partial charge in [-0.05, 0) is 30.7 Å². The molecule has 0 atom stereocenters. The van der Waals surface area contributed by atoms with Gasteiger partial charge in [-0.1, -0.05) is 23.4 Å². The maximum Gasteiger partial charge on any atom is 0.254 e. The number of pyridine rings is 1. The highest BCUT2D eigenvalue weighted by Gasteiger charge is 2.36. The van der Waals surface area contributed by atoms with Crippen molar-refractivity contribution >= 4 is 5.91 Å². The van der Waals surface area contributed by atoms with Crippen LogP contribution in [0.25, 0.3) is 11.4 Å². The number of hydrogen-bond acceptors (Lipinski definition) is 5. The standard InChI is InChI=1S/C18H16N4O2/c1-12-4-2-3-5-15(12)18(23)22-10-14(11-22)17-20-16(21-24-17)13-6-8-19-9-7-13/h2-9,14H,10-11H2,1H3. The summed E-state index contributed by atoms with van der Waals surface area (Å²) in [6, 6.07) is 11.3. The predicted molar refractivity (Wildman–Crippen MR) is 87.4 cm³/mol. The van der Waals surface area contributed by atoms with Crippen molar-refractivity contribution in [3.8, 4) is 11.4 Å². The number of rotatable bonds is 3. The second-order valence-electron chi connectivity index (χ2n) is 5.91. The summed E-state index contributed by atoms with van der Waals surface area (Å²) in [5.74, 6) is 1.28. The molecule has 1 saturated heterocycles. The summed E-state index contributed by atoms with van der Waals surface area (Å²) < 4.78 is 5.36. The van der Waals surface area contributed by atoms with Crippen LogP contribution in [0.4, 0.5) is 0 Å². The van der Waals surface area contributed by atoms with Crippen molar-refractivity contribution in [1.82, 2.24) is 20.0 Å². The van der Waals surface area contributed by atoms with E-state index in [-0.39, 0.29) is 11.8 Å². The molecule has 1 fully saturated rings. The van der Waals surface area contributed by atoms with Crippen molar-refractivity contribution in [1.29, 1.82) is 0 Å². The van der Waals surface area contributed by atoms with Crippen molar-refractivity contribution in [2.24, 2.45) is 0 Å². The molecule has 0 aliphatic carbocycles. The fraction of sp³-hybridized carbons (Fsp3) is 0.222. The maximum absolute atomic E-state index is 12.5. The second kappa shape index (κ2) is 5.88. The van der Waals surface area contributed by atoms with Crippen LogP contribution in [0.2, 0.25) is 0 Å². The Labute approximate surface area is 139 Å². The van der Waals surface area contributed by atoms with Crippen LogP contribution in [-0.4, -0.2) is 39.0 Å². The quantitative estimate of drug-likeness (QED) is 0.742. The number of hydrogen-bond donors (Lipinski definition) is 0. The van der Waals surface area contributed by atoms with Crippen LogP contribution in [0.3, 0.4) is 0 Å². The molecule has 4 rings (SSSR count). The molecule has 6 nitrogen and oxygen atoms in total. The highest BCUT2D eigenvalue weighted by atomic mass is 16.5. The second-order valence-corrected chi connectivity index (χ2v) is 5.91.